The molecule has 3 aromatic rings. The molecule has 1 N–H and O–H groups in total. The van der Waals surface area contributed by atoms with E-state index in [0.717, 1.165) is 16.6 Å². The summed E-state index contributed by atoms with van der Waals surface area (Å²) in [6.07, 6.45) is 0. The summed E-state index contributed by atoms with van der Waals surface area (Å²) in [5.41, 5.74) is 2.69. The van der Waals surface area contributed by atoms with Crippen LogP contribution in [0, 0.1) is 0 Å². The number of benzene rings is 2. The van der Waals surface area contributed by atoms with Gasteiger partial charge in [0.25, 0.3) is 0 Å². The Morgan fingerprint density at radius 2 is 2.00 bits per heavy atom. The first-order valence-electron chi connectivity index (χ1n) is 6.54. The molecule has 5 nitrogen and oxygen atoms in total. The van der Waals surface area contributed by atoms with Gasteiger partial charge in [-0.05, 0) is 36.4 Å². The standard InChI is InChI=1S/C16H13ClN2O3/c1-21-14-6-4-10(17)8-11(14)15-18-12-5-3-9(16(20)22-2)7-13(12)19-15/h3-8H,1-2H3,(H,18,19). The van der Waals surface area contributed by atoms with Crippen molar-refractivity contribution in [2.24, 2.45) is 0 Å². The Bertz CT molecular complexity index is 858. The van der Waals surface area contributed by atoms with Crippen LogP contribution in [0.2, 0.25) is 5.02 Å². The van der Waals surface area contributed by atoms with Crippen molar-refractivity contribution in [1.29, 1.82) is 0 Å². The summed E-state index contributed by atoms with van der Waals surface area (Å²) in [5, 5.41) is 0.589. The fraction of sp³-hybridized carbons (Fsp3) is 0.125. The number of nitrogens with zero attached hydrogens (tertiary/aromatic N) is 1. The minimum absolute atomic E-state index is 0.390. The number of nitrogens with one attached hydrogen (secondary N) is 1. The molecule has 0 atom stereocenters. The van der Waals surface area contributed by atoms with Crippen molar-refractivity contribution in [2.45, 2.75) is 0 Å². The summed E-state index contributed by atoms with van der Waals surface area (Å²) in [5.74, 6) is 0.895. The summed E-state index contributed by atoms with van der Waals surface area (Å²) >= 11 is 6.05. The molecule has 0 unspecified atom stereocenters. The maximum absolute atomic E-state index is 11.6. The summed E-state index contributed by atoms with van der Waals surface area (Å²) in [6.45, 7) is 0. The number of methoxy groups -OCH3 is 2. The highest BCUT2D eigenvalue weighted by atomic mass is 35.5. The number of H-pyrrole nitrogens is 1. The monoisotopic (exact) mass is 316 g/mol. The van der Waals surface area contributed by atoms with Crippen molar-refractivity contribution in [1.82, 2.24) is 9.97 Å². The van der Waals surface area contributed by atoms with Crippen LogP contribution in [-0.4, -0.2) is 30.2 Å². The highest BCUT2D eigenvalue weighted by Gasteiger charge is 2.13. The van der Waals surface area contributed by atoms with E-state index in [4.69, 9.17) is 21.1 Å². The van der Waals surface area contributed by atoms with Crippen molar-refractivity contribution < 1.29 is 14.3 Å². The van der Waals surface area contributed by atoms with Crippen LogP contribution >= 0.6 is 11.6 Å². The molecular formula is C16H13ClN2O3. The minimum Gasteiger partial charge on any atom is -0.496 e. The van der Waals surface area contributed by atoms with Crippen molar-refractivity contribution >= 4 is 28.6 Å². The average molecular weight is 317 g/mol. The second-order valence-corrected chi connectivity index (χ2v) is 5.09. The molecule has 0 saturated carbocycles. The second kappa shape index (κ2) is 5.69. The molecule has 0 aliphatic rings. The van der Waals surface area contributed by atoms with Gasteiger partial charge in [0.15, 0.2) is 0 Å². The van der Waals surface area contributed by atoms with Gasteiger partial charge in [0.05, 0.1) is 36.4 Å². The smallest absolute Gasteiger partial charge is 0.337 e. The molecule has 112 valence electrons. The Balaban J connectivity index is 2.13. The van der Waals surface area contributed by atoms with Crippen molar-refractivity contribution in [3.63, 3.8) is 0 Å². The van der Waals surface area contributed by atoms with Crippen LogP contribution in [0.3, 0.4) is 0 Å². The van der Waals surface area contributed by atoms with Crippen LogP contribution in [0.5, 0.6) is 5.75 Å². The maximum atomic E-state index is 11.6. The zero-order chi connectivity index (χ0) is 15.7. The first-order chi connectivity index (χ1) is 10.6. The molecule has 0 aliphatic carbocycles. The number of imidazole rings is 1. The van der Waals surface area contributed by atoms with E-state index in [1.807, 2.05) is 0 Å². The lowest BCUT2D eigenvalue weighted by Gasteiger charge is -2.06. The van der Waals surface area contributed by atoms with Gasteiger partial charge in [-0.1, -0.05) is 11.6 Å². The van der Waals surface area contributed by atoms with Crippen molar-refractivity contribution in [3.05, 3.63) is 47.0 Å². The van der Waals surface area contributed by atoms with E-state index in [9.17, 15) is 4.79 Å². The third kappa shape index (κ3) is 2.51. The molecule has 6 heteroatoms. The molecular weight excluding hydrogens is 304 g/mol. The van der Waals surface area contributed by atoms with E-state index < -0.39 is 5.97 Å². The summed E-state index contributed by atoms with van der Waals surface area (Å²) in [4.78, 5) is 19.3. The molecule has 22 heavy (non-hydrogen) atoms. The van der Waals surface area contributed by atoms with Gasteiger partial charge in [0.1, 0.15) is 11.6 Å². The molecule has 1 heterocycles. The Morgan fingerprint density at radius 3 is 2.73 bits per heavy atom. The summed E-state index contributed by atoms with van der Waals surface area (Å²) in [7, 11) is 2.94. The SMILES string of the molecule is COC(=O)c1ccc2nc(-c3cc(Cl)ccc3OC)[nH]c2c1. The van der Waals surface area contributed by atoms with Crippen LogP contribution < -0.4 is 4.74 Å². The predicted molar refractivity (Wildman–Crippen MR) is 84.4 cm³/mol. The Labute approximate surface area is 131 Å². The highest BCUT2D eigenvalue weighted by molar-refractivity contribution is 6.31. The van der Waals surface area contributed by atoms with E-state index >= 15 is 0 Å². The van der Waals surface area contributed by atoms with Crippen molar-refractivity contribution in [3.8, 4) is 17.1 Å². The summed E-state index contributed by atoms with van der Waals surface area (Å²) < 4.78 is 10.1. The van der Waals surface area contributed by atoms with Gasteiger partial charge in [0.2, 0.25) is 0 Å². The molecule has 0 saturated heterocycles. The minimum atomic E-state index is -0.390. The zero-order valence-electron chi connectivity index (χ0n) is 12.0. The summed E-state index contributed by atoms with van der Waals surface area (Å²) in [6, 6.07) is 10.5. The fourth-order valence-electron chi connectivity index (χ4n) is 2.25. The number of esters is 1. The quantitative estimate of drug-likeness (QED) is 0.749. The van der Waals surface area contributed by atoms with Gasteiger partial charge in [0, 0.05) is 5.02 Å². The van der Waals surface area contributed by atoms with Crippen LogP contribution in [0.4, 0.5) is 0 Å². The molecule has 0 bridgehead atoms. The largest absolute Gasteiger partial charge is 0.496 e. The third-order valence-corrected chi connectivity index (χ3v) is 3.55. The first-order valence-corrected chi connectivity index (χ1v) is 6.92. The Hall–Kier alpha value is -2.53. The van der Waals surface area contributed by atoms with E-state index in [-0.39, 0.29) is 0 Å². The van der Waals surface area contributed by atoms with E-state index in [2.05, 4.69) is 9.97 Å². The van der Waals surface area contributed by atoms with Crippen LogP contribution in [0.25, 0.3) is 22.4 Å². The number of aromatic nitrogens is 2. The lowest BCUT2D eigenvalue weighted by Crippen LogP contribution is -2.00. The van der Waals surface area contributed by atoms with Crippen LogP contribution in [0.1, 0.15) is 10.4 Å². The molecule has 0 spiro atoms. The number of hydrogen-bond donors (Lipinski definition) is 1. The molecule has 0 amide bonds. The molecule has 0 radical (unpaired) electrons. The van der Waals surface area contributed by atoms with Crippen LogP contribution in [0.15, 0.2) is 36.4 Å². The molecule has 0 aliphatic heterocycles. The highest BCUT2D eigenvalue weighted by Crippen LogP contribution is 2.32. The normalized spacial score (nSPS) is 10.7. The predicted octanol–water partition coefficient (Wildman–Crippen LogP) is 3.68. The molecule has 2 aromatic carbocycles. The van der Waals surface area contributed by atoms with E-state index in [0.29, 0.717) is 22.2 Å². The molecule has 1 aromatic heterocycles. The third-order valence-electron chi connectivity index (χ3n) is 3.32. The topological polar surface area (TPSA) is 64.2 Å². The molecule has 0 fully saturated rings. The number of hydrogen-bond acceptors (Lipinski definition) is 4. The van der Waals surface area contributed by atoms with Crippen LogP contribution in [-0.2, 0) is 4.74 Å². The lowest BCUT2D eigenvalue weighted by atomic mass is 10.2. The van der Waals surface area contributed by atoms with Gasteiger partial charge >= 0.3 is 5.97 Å². The number of carbonyl (C=O) groups excluding carboxylic acids is 1. The number of carbonyl (C=O) groups is 1. The van der Waals surface area contributed by atoms with E-state index in [1.54, 1.807) is 43.5 Å². The van der Waals surface area contributed by atoms with Crippen molar-refractivity contribution in [2.75, 3.05) is 14.2 Å². The van der Waals surface area contributed by atoms with Gasteiger partial charge < -0.3 is 14.5 Å². The Morgan fingerprint density at radius 1 is 1.18 bits per heavy atom. The second-order valence-electron chi connectivity index (χ2n) is 4.65. The zero-order valence-corrected chi connectivity index (χ0v) is 12.8. The number of halogens is 1. The average Bonchev–Trinajstić information content (AvgIpc) is 2.96. The van der Waals surface area contributed by atoms with Gasteiger partial charge in [-0.2, -0.15) is 0 Å². The number of ether oxygens (including phenoxy) is 2. The maximum Gasteiger partial charge on any atom is 0.337 e. The first kappa shape index (κ1) is 14.4. The van der Waals surface area contributed by atoms with Gasteiger partial charge in [-0.25, -0.2) is 9.78 Å². The number of aromatic amines is 1. The van der Waals surface area contributed by atoms with E-state index in [1.165, 1.54) is 7.11 Å². The number of fused-ring (bicyclic) bond motifs is 1. The number of rotatable bonds is 3. The van der Waals surface area contributed by atoms with Gasteiger partial charge in [-0.15, -0.1) is 0 Å². The Kier molecular flexibility index (Phi) is 3.73. The lowest BCUT2D eigenvalue weighted by molar-refractivity contribution is 0.0601. The fourth-order valence-corrected chi connectivity index (χ4v) is 2.42. The van der Waals surface area contributed by atoms with Gasteiger partial charge in [-0.3, -0.25) is 0 Å². The molecule has 3 rings (SSSR count).